The minimum absolute atomic E-state index is 0.263. The largest absolute Gasteiger partial charge is 0.493 e. The molecule has 1 aliphatic rings. The predicted octanol–water partition coefficient (Wildman–Crippen LogP) is 3.18. The van der Waals surface area contributed by atoms with E-state index in [2.05, 4.69) is 53.5 Å². The molecule has 1 aliphatic heterocycles. The molecule has 0 amide bonds. The SMILES string of the molecule is COc1ccc(C(CNCc2ccc(C)cc2)N2CCOCC2)cc1OC. The van der Waals surface area contributed by atoms with Gasteiger partial charge in [-0.2, -0.15) is 0 Å². The predicted molar refractivity (Wildman–Crippen MR) is 108 cm³/mol. The van der Waals surface area contributed by atoms with Gasteiger partial charge < -0.3 is 19.5 Å². The average Bonchev–Trinajstić information content (AvgIpc) is 2.72. The molecule has 5 heteroatoms. The van der Waals surface area contributed by atoms with Gasteiger partial charge in [-0.15, -0.1) is 0 Å². The number of methoxy groups -OCH3 is 2. The van der Waals surface area contributed by atoms with Crippen molar-refractivity contribution in [3.05, 3.63) is 59.2 Å². The highest BCUT2D eigenvalue weighted by Gasteiger charge is 2.23. The average molecular weight is 370 g/mol. The first-order valence-corrected chi connectivity index (χ1v) is 9.51. The summed E-state index contributed by atoms with van der Waals surface area (Å²) in [7, 11) is 3.35. The zero-order chi connectivity index (χ0) is 19.1. The van der Waals surface area contributed by atoms with E-state index in [1.807, 2.05) is 6.07 Å². The Bertz CT molecular complexity index is 712. The van der Waals surface area contributed by atoms with Crippen molar-refractivity contribution in [2.45, 2.75) is 19.5 Å². The monoisotopic (exact) mass is 370 g/mol. The van der Waals surface area contributed by atoms with E-state index in [-0.39, 0.29) is 6.04 Å². The van der Waals surface area contributed by atoms with Gasteiger partial charge in [0.05, 0.1) is 27.4 Å². The van der Waals surface area contributed by atoms with E-state index < -0.39 is 0 Å². The number of ether oxygens (including phenoxy) is 3. The van der Waals surface area contributed by atoms with Gasteiger partial charge in [0.1, 0.15) is 0 Å². The van der Waals surface area contributed by atoms with Crippen LogP contribution in [0.3, 0.4) is 0 Å². The first-order chi connectivity index (χ1) is 13.2. The van der Waals surface area contributed by atoms with Crippen LogP contribution in [0.25, 0.3) is 0 Å². The van der Waals surface area contributed by atoms with Crippen molar-refractivity contribution < 1.29 is 14.2 Å². The molecule has 2 aromatic carbocycles. The summed E-state index contributed by atoms with van der Waals surface area (Å²) in [6.45, 7) is 7.26. The molecule has 1 fully saturated rings. The Labute approximate surface area is 162 Å². The van der Waals surface area contributed by atoms with Crippen LogP contribution < -0.4 is 14.8 Å². The maximum absolute atomic E-state index is 5.55. The highest BCUT2D eigenvalue weighted by atomic mass is 16.5. The molecule has 146 valence electrons. The first-order valence-electron chi connectivity index (χ1n) is 9.51. The molecule has 2 aromatic rings. The zero-order valence-corrected chi connectivity index (χ0v) is 16.5. The van der Waals surface area contributed by atoms with Crippen LogP contribution >= 0.6 is 0 Å². The Morgan fingerprint density at radius 1 is 1.00 bits per heavy atom. The molecule has 0 spiro atoms. The number of benzene rings is 2. The lowest BCUT2D eigenvalue weighted by atomic mass is 10.0. The molecule has 1 unspecified atom stereocenters. The summed E-state index contributed by atoms with van der Waals surface area (Å²) in [6.07, 6.45) is 0. The van der Waals surface area contributed by atoms with Crippen LogP contribution in [0, 0.1) is 6.92 Å². The quantitative estimate of drug-likeness (QED) is 0.773. The summed E-state index contributed by atoms with van der Waals surface area (Å²) in [5, 5.41) is 3.63. The van der Waals surface area contributed by atoms with E-state index in [0.717, 1.165) is 50.9 Å². The molecule has 0 saturated carbocycles. The van der Waals surface area contributed by atoms with Crippen molar-refractivity contribution in [1.29, 1.82) is 0 Å². The summed E-state index contributed by atoms with van der Waals surface area (Å²) >= 11 is 0. The molecular weight excluding hydrogens is 340 g/mol. The summed E-state index contributed by atoms with van der Waals surface area (Å²) in [5.41, 5.74) is 3.81. The maximum atomic E-state index is 5.55. The van der Waals surface area contributed by atoms with Gasteiger partial charge in [-0.05, 0) is 30.2 Å². The Morgan fingerprint density at radius 2 is 1.70 bits per heavy atom. The molecular formula is C22H30N2O3. The third kappa shape index (κ3) is 5.22. The molecule has 1 atom stereocenters. The van der Waals surface area contributed by atoms with Gasteiger partial charge in [-0.3, -0.25) is 4.90 Å². The second kappa shape index (κ2) is 9.74. The molecule has 1 N–H and O–H groups in total. The lowest BCUT2D eigenvalue weighted by molar-refractivity contribution is 0.0160. The summed E-state index contributed by atoms with van der Waals surface area (Å²) in [5.74, 6) is 1.53. The third-order valence-electron chi connectivity index (χ3n) is 5.07. The van der Waals surface area contributed by atoms with Crippen molar-refractivity contribution in [3.63, 3.8) is 0 Å². The Balaban J connectivity index is 1.73. The highest BCUT2D eigenvalue weighted by Crippen LogP contribution is 2.32. The van der Waals surface area contributed by atoms with Crippen LogP contribution in [0.4, 0.5) is 0 Å². The van der Waals surface area contributed by atoms with Gasteiger partial charge in [-0.1, -0.05) is 35.9 Å². The van der Waals surface area contributed by atoms with Gasteiger partial charge in [0, 0.05) is 32.2 Å². The fourth-order valence-electron chi connectivity index (χ4n) is 3.47. The van der Waals surface area contributed by atoms with Crippen molar-refractivity contribution in [2.75, 3.05) is 47.1 Å². The minimum Gasteiger partial charge on any atom is -0.493 e. The lowest BCUT2D eigenvalue weighted by Gasteiger charge is -2.35. The molecule has 0 aliphatic carbocycles. The van der Waals surface area contributed by atoms with Gasteiger partial charge in [0.15, 0.2) is 11.5 Å². The fourth-order valence-corrected chi connectivity index (χ4v) is 3.47. The smallest absolute Gasteiger partial charge is 0.161 e. The molecule has 5 nitrogen and oxygen atoms in total. The van der Waals surface area contributed by atoms with Crippen LogP contribution in [0.1, 0.15) is 22.7 Å². The fraction of sp³-hybridized carbons (Fsp3) is 0.455. The molecule has 0 radical (unpaired) electrons. The molecule has 3 rings (SSSR count). The van der Waals surface area contributed by atoms with Crippen LogP contribution in [0.5, 0.6) is 11.5 Å². The van der Waals surface area contributed by atoms with Gasteiger partial charge in [-0.25, -0.2) is 0 Å². The number of nitrogens with zero attached hydrogens (tertiary/aromatic N) is 1. The zero-order valence-electron chi connectivity index (χ0n) is 16.5. The topological polar surface area (TPSA) is 43.0 Å². The number of morpholine rings is 1. The molecule has 0 bridgehead atoms. The Morgan fingerprint density at radius 3 is 2.37 bits per heavy atom. The Hall–Kier alpha value is -2.08. The van der Waals surface area contributed by atoms with E-state index in [9.17, 15) is 0 Å². The van der Waals surface area contributed by atoms with Crippen LogP contribution in [0.2, 0.25) is 0 Å². The maximum Gasteiger partial charge on any atom is 0.161 e. The van der Waals surface area contributed by atoms with E-state index >= 15 is 0 Å². The lowest BCUT2D eigenvalue weighted by Crippen LogP contribution is -2.42. The second-order valence-corrected chi connectivity index (χ2v) is 6.90. The number of nitrogens with one attached hydrogen (secondary N) is 1. The van der Waals surface area contributed by atoms with Gasteiger partial charge in [0.25, 0.3) is 0 Å². The van der Waals surface area contributed by atoms with Crippen molar-refractivity contribution in [2.24, 2.45) is 0 Å². The third-order valence-corrected chi connectivity index (χ3v) is 5.07. The van der Waals surface area contributed by atoms with Crippen molar-refractivity contribution in [3.8, 4) is 11.5 Å². The van der Waals surface area contributed by atoms with Gasteiger partial charge in [0.2, 0.25) is 0 Å². The van der Waals surface area contributed by atoms with E-state index in [4.69, 9.17) is 14.2 Å². The van der Waals surface area contributed by atoms with Crippen molar-refractivity contribution in [1.82, 2.24) is 10.2 Å². The number of hydrogen-bond donors (Lipinski definition) is 1. The Kier molecular flexibility index (Phi) is 7.10. The van der Waals surface area contributed by atoms with E-state index in [1.165, 1.54) is 16.7 Å². The van der Waals surface area contributed by atoms with Crippen LogP contribution in [-0.2, 0) is 11.3 Å². The molecule has 27 heavy (non-hydrogen) atoms. The van der Waals surface area contributed by atoms with Crippen LogP contribution in [0.15, 0.2) is 42.5 Å². The van der Waals surface area contributed by atoms with Crippen LogP contribution in [-0.4, -0.2) is 52.0 Å². The number of aryl methyl sites for hydroxylation is 1. The standard InChI is InChI=1S/C22H30N2O3/c1-17-4-6-18(7-5-17)15-23-16-20(24-10-12-27-13-11-24)19-8-9-21(25-2)22(14-19)26-3/h4-9,14,20,23H,10-13,15-16H2,1-3H3. The van der Waals surface area contributed by atoms with Gasteiger partial charge >= 0.3 is 0 Å². The van der Waals surface area contributed by atoms with Crippen molar-refractivity contribution >= 4 is 0 Å². The summed E-state index contributed by atoms with van der Waals surface area (Å²) in [6, 6.07) is 15.2. The molecule has 0 aromatic heterocycles. The first kappa shape index (κ1) is 19.7. The van der Waals surface area contributed by atoms with E-state index in [1.54, 1.807) is 14.2 Å². The molecule has 1 saturated heterocycles. The second-order valence-electron chi connectivity index (χ2n) is 6.90. The minimum atomic E-state index is 0.263. The number of rotatable bonds is 8. The molecule has 1 heterocycles. The summed E-state index contributed by atoms with van der Waals surface area (Å²) in [4.78, 5) is 2.48. The highest BCUT2D eigenvalue weighted by molar-refractivity contribution is 5.44. The number of hydrogen-bond acceptors (Lipinski definition) is 5. The van der Waals surface area contributed by atoms with E-state index in [0.29, 0.717) is 0 Å². The normalized spacial score (nSPS) is 16.1. The summed E-state index contributed by atoms with van der Waals surface area (Å²) < 4.78 is 16.4.